The zero-order valence-electron chi connectivity index (χ0n) is 10.7. The van der Waals surface area contributed by atoms with Crippen LogP contribution in [0.1, 0.15) is 21.5 Å². The van der Waals surface area contributed by atoms with Crippen molar-refractivity contribution in [2.75, 3.05) is 0 Å². The molecule has 0 aliphatic heterocycles. The normalized spacial score (nSPS) is 10.3. The van der Waals surface area contributed by atoms with E-state index in [0.29, 0.717) is 21.4 Å². The minimum absolute atomic E-state index is 0.119. The van der Waals surface area contributed by atoms with Crippen molar-refractivity contribution in [1.29, 1.82) is 0 Å². The number of carboxylic acids is 1. The van der Waals surface area contributed by atoms with Crippen LogP contribution in [0.3, 0.4) is 0 Å². The number of rotatable bonds is 4. The number of carbonyl (C=O) groups is 1. The monoisotopic (exact) mass is 310 g/mol. The maximum absolute atomic E-state index is 11.1. The van der Waals surface area contributed by atoms with Gasteiger partial charge in [0.15, 0.2) is 0 Å². The van der Waals surface area contributed by atoms with Gasteiger partial charge in [-0.2, -0.15) is 0 Å². The molecule has 104 valence electrons. The molecule has 0 fully saturated rings. The number of halogens is 2. The average molecular weight is 311 g/mol. The molecule has 2 aromatic carbocycles. The highest BCUT2D eigenvalue weighted by Gasteiger charge is 2.12. The zero-order valence-corrected chi connectivity index (χ0v) is 12.2. The lowest BCUT2D eigenvalue weighted by atomic mass is 10.1. The molecule has 0 aliphatic carbocycles. The van der Waals surface area contributed by atoms with Crippen molar-refractivity contribution in [2.45, 2.75) is 13.5 Å². The molecule has 0 radical (unpaired) electrons. The summed E-state index contributed by atoms with van der Waals surface area (Å²) in [7, 11) is 0. The Morgan fingerprint density at radius 2 is 1.95 bits per heavy atom. The van der Waals surface area contributed by atoms with Gasteiger partial charge < -0.3 is 9.84 Å². The predicted octanol–water partition coefficient (Wildman–Crippen LogP) is 4.58. The lowest BCUT2D eigenvalue weighted by Crippen LogP contribution is -2.04. The topological polar surface area (TPSA) is 46.5 Å². The molecule has 2 aromatic rings. The van der Waals surface area contributed by atoms with Gasteiger partial charge in [0, 0.05) is 15.6 Å². The molecule has 0 spiro atoms. The van der Waals surface area contributed by atoms with Gasteiger partial charge in [-0.15, -0.1) is 0 Å². The maximum Gasteiger partial charge on any atom is 0.339 e. The van der Waals surface area contributed by atoms with Gasteiger partial charge in [-0.1, -0.05) is 29.3 Å². The number of aromatic carboxylic acids is 1. The minimum atomic E-state index is -1.03. The predicted molar refractivity (Wildman–Crippen MR) is 78.9 cm³/mol. The van der Waals surface area contributed by atoms with Crippen molar-refractivity contribution in [1.82, 2.24) is 0 Å². The van der Waals surface area contributed by atoms with Gasteiger partial charge in [-0.25, -0.2) is 4.79 Å². The van der Waals surface area contributed by atoms with E-state index >= 15 is 0 Å². The molecule has 2 rings (SSSR count). The molecule has 0 saturated carbocycles. The van der Waals surface area contributed by atoms with E-state index in [1.807, 2.05) is 6.92 Å². The second-order valence-electron chi connectivity index (χ2n) is 4.33. The van der Waals surface area contributed by atoms with Crippen LogP contribution in [-0.2, 0) is 6.61 Å². The molecular formula is C15H12Cl2O3. The highest BCUT2D eigenvalue weighted by atomic mass is 35.5. The Bertz CT molecular complexity index is 654. The summed E-state index contributed by atoms with van der Waals surface area (Å²) in [5.74, 6) is -0.717. The summed E-state index contributed by atoms with van der Waals surface area (Å²) in [4.78, 5) is 11.1. The molecule has 5 heteroatoms. The summed E-state index contributed by atoms with van der Waals surface area (Å²) in [6, 6.07) is 9.98. The zero-order chi connectivity index (χ0) is 14.7. The van der Waals surface area contributed by atoms with Gasteiger partial charge in [-0.3, -0.25) is 0 Å². The molecule has 0 amide bonds. The number of ether oxygens (including phenoxy) is 1. The van der Waals surface area contributed by atoms with Crippen LogP contribution in [0.2, 0.25) is 10.0 Å². The first-order valence-corrected chi connectivity index (χ1v) is 6.63. The van der Waals surface area contributed by atoms with Crippen molar-refractivity contribution in [3.63, 3.8) is 0 Å². The third kappa shape index (κ3) is 3.44. The van der Waals surface area contributed by atoms with E-state index in [0.717, 1.165) is 5.56 Å². The van der Waals surface area contributed by atoms with Gasteiger partial charge in [0.25, 0.3) is 0 Å². The second kappa shape index (κ2) is 6.16. The molecule has 0 saturated heterocycles. The first-order valence-electron chi connectivity index (χ1n) is 5.88. The quantitative estimate of drug-likeness (QED) is 0.899. The number of aryl methyl sites for hydroxylation is 1. The van der Waals surface area contributed by atoms with Crippen LogP contribution in [0.25, 0.3) is 0 Å². The van der Waals surface area contributed by atoms with E-state index in [1.165, 1.54) is 6.07 Å². The van der Waals surface area contributed by atoms with Crippen LogP contribution >= 0.6 is 23.2 Å². The van der Waals surface area contributed by atoms with Crippen molar-refractivity contribution in [2.24, 2.45) is 0 Å². The first-order chi connectivity index (χ1) is 9.47. The van der Waals surface area contributed by atoms with Crippen molar-refractivity contribution in [3.05, 3.63) is 63.1 Å². The Kier molecular flexibility index (Phi) is 4.53. The average Bonchev–Trinajstić information content (AvgIpc) is 2.39. The fourth-order valence-electron chi connectivity index (χ4n) is 1.74. The smallest absolute Gasteiger partial charge is 0.339 e. The SMILES string of the molecule is Cc1ccc(C(=O)O)c(OCc2cc(Cl)ccc2Cl)c1. The van der Waals surface area contributed by atoms with Gasteiger partial charge in [0.2, 0.25) is 0 Å². The molecule has 0 atom stereocenters. The third-order valence-electron chi connectivity index (χ3n) is 2.76. The van der Waals surface area contributed by atoms with E-state index in [2.05, 4.69) is 0 Å². The molecule has 0 aromatic heterocycles. The van der Waals surface area contributed by atoms with Crippen molar-refractivity contribution in [3.8, 4) is 5.75 Å². The molecule has 3 nitrogen and oxygen atoms in total. The lowest BCUT2D eigenvalue weighted by molar-refractivity contribution is 0.0692. The summed E-state index contributed by atoms with van der Waals surface area (Å²) in [5, 5.41) is 10.2. The van der Waals surface area contributed by atoms with Gasteiger partial charge >= 0.3 is 5.97 Å². The van der Waals surface area contributed by atoms with Crippen LogP contribution in [0.5, 0.6) is 5.75 Å². The summed E-state index contributed by atoms with van der Waals surface area (Å²) in [6.07, 6.45) is 0. The third-order valence-corrected chi connectivity index (χ3v) is 3.36. The van der Waals surface area contributed by atoms with Gasteiger partial charge in [0.1, 0.15) is 17.9 Å². The molecule has 0 unspecified atom stereocenters. The number of hydrogen-bond acceptors (Lipinski definition) is 2. The van der Waals surface area contributed by atoms with E-state index in [1.54, 1.807) is 30.3 Å². The van der Waals surface area contributed by atoms with E-state index in [4.69, 9.17) is 33.0 Å². The largest absolute Gasteiger partial charge is 0.488 e. The number of hydrogen-bond donors (Lipinski definition) is 1. The standard InChI is InChI=1S/C15H12Cl2O3/c1-9-2-4-12(15(18)19)14(6-9)20-8-10-7-11(16)3-5-13(10)17/h2-7H,8H2,1H3,(H,18,19). The van der Waals surface area contributed by atoms with Gasteiger partial charge in [-0.05, 0) is 42.8 Å². The number of benzene rings is 2. The fourth-order valence-corrected chi connectivity index (χ4v) is 2.10. The minimum Gasteiger partial charge on any atom is -0.488 e. The van der Waals surface area contributed by atoms with Crippen LogP contribution in [0.15, 0.2) is 36.4 Å². The number of carboxylic acid groups (broad SMARTS) is 1. The molecule has 0 bridgehead atoms. The highest BCUT2D eigenvalue weighted by molar-refractivity contribution is 6.33. The fraction of sp³-hybridized carbons (Fsp3) is 0.133. The molecule has 0 heterocycles. The van der Waals surface area contributed by atoms with Crippen molar-refractivity contribution >= 4 is 29.2 Å². The van der Waals surface area contributed by atoms with E-state index < -0.39 is 5.97 Å². The highest BCUT2D eigenvalue weighted by Crippen LogP contribution is 2.25. The Balaban J connectivity index is 2.24. The van der Waals surface area contributed by atoms with Crippen LogP contribution in [-0.4, -0.2) is 11.1 Å². The summed E-state index contributed by atoms with van der Waals surface area (Å²) < 4.78 is 5.58. The Morgan fingerprint density at radius 3 is 2.65 bits per heavy atom. The molecule has 1 N–H and O–H groups in total. The van der Waals surface area contributed by atoms with Crippen LogP contribution in [0, 0.1) is 6.92 Å². The van der Waals surface area contributed by atoms with Crippen LogP contribution in [0.4, 0.5) is 0 Å². The Labute approximate surface area is 126 Å². The summed E-state index contributed by atoms with van der Waals surface area (Å²) in [5.41, 5.74) is 1.74. The Morgan fingerprint density at radius 1 is 1.20 bits per heavy atom. The van der Waals surface area contributed by atoms with Crippen molar-refractivity contribution < 1.29 is 14.6 Å². The molecule has 20 heavy (non-hydrogen) atoms. The van der Waals surface area contributed by atoms with Gasteiger partial charge in [0.05, 0.1) is 0 Å². The Hall–Kier alpha value is -1.71. The first kappa shape index (κ1) is 14.7. The summed E-state index contributed by atoms with van der Waals surface area (Å²) >= 11 is 11.9. The van der Waals surface area contributed by atoms with Crippen LogP contribution < -0.4 is 4.74 Å². The molecular weight excluding hydrogens is 299 g/mol. The summed E-state index contributed by atoms with van der Waals surface area (Å²) in [6.45, 7) is 2.02. The van der Waals surface area contributed by atoms with E-state index in [9.17, 15) is 4.79 Å². The lowest BCUT2D eigenvalue weighted by Gasteiger charge is -2.11. The second-order valence-corrected chi connectivity index (χ2v) is 5.17. The van der Waals surface area contributed by atoms with E-state index in [-0.39, 0.29) is 12.2 Å². The molecule has 0 aliphatic rings. The maximum atomic E-state index is 11.1.